The molecule has 0 radical (unpaired) electrons. The third-order valence-corrected chi connectivity index (χ3v) is 0.828. The fourth-order valence-electron chi connectivity index (χ4n) is 0.463. The lowest BCUT2D eigenvalue weighted by molar-refractivity contribution is -0.139. The van der Waals surface area contributed by atoms with Crippen molar-refractivity contribution in [2.45, 2.75) is 18.8 Å². The summed E-state index contributed by atoms with van der Waals surface area (Å²) in [5, 5.41) is 10.6. The zero-order valence-corrected chi connectivity index (χ0v) is 4.09. The number of carboxylic acid groups (broad SMARTS) is 1. The lowest BCUT2D eigenvalue weighted by atomic mass is 10.2. The third-order valence-electron chi connectivity index (χ3n) is 0.828. The van der Waals surface area contributed by atoms with E-state index in [9.17, 15) is 4.79 Å². The van der Waals surface area contributed by atoms with Gasteiger partial charge in [0.2, 0.25) is 0 Å². The number of carbonyl (C=O) groups is 1. The molecular weight excluding hydrogens is 106 g/mol. The number of hydrogen-bond donors (Lipinski definition) is 2. The van der Waals surface area contributed by atoms with Crippen LogP contribution in [0.1, 0.15) is 18.3 Å². The van der Waals surface area contributed by atoms with Crippen molar-refractivity contribution in [3.63, 3.8) is 0 Å². The Bertz CT molecular complexity index is 214. The van der Waals surface area contributed by atoms with Crippen LogP contribution < -0.4 is 5.32 Å². The fraction of sp³-hybridized carbons (Fsp3) is 0.800. The molecule has 8 heavy (non-hydrogen) atoms. The largest absolute Gasteiger partial charge is 0.480 e. The van der Waals surface area contributed by atoms with Gasteiger partial charge in [0.05, 0.1) is 1.37 Å². The number of aliphatic carboxylic acids is 1. The van der Waals surface area contributed by atoms with E-state index in [-0.39, 0.29) is 0 Å². The van der Waals surface area contributed by atoms with Crippen molar-refractivity contribution in [2.75, 3.05) is 6.52 Å². The lowest BCUT2D eigenvalue weighted by Gasteiger charge is -1.99. The molecule has 3 heteroatoms. The van der Waals surface area contributed by atoms with E-state index in [2.05, 4.69) is 5.32 Å². The van der Waals surface area contributed by atoms with Crippen LogP contribution in [0.5, 0.6) is 0 Å². The fourth-order valence-corrected chi connectivity index (χ4v) is 0.463. The predicted octanol–water partition coefficient (Wildman–Crippen LogP) is -0.177. The zero-order chi connectivity index (χ0) is 9.52. The molecule has 1 aliphatic heterocycles. The molecule has 0 spiro atoms. The van der Waals surface area contributed by atoms with E-state index in [1.54, 1.807) is 0 Å². The Morgan fingerprint density at radius 1 is 2.12 bits per heavy atom. The van der Waals surface area contributed by atoms with Gasteiger partial charge in [0, 0.05) is 4.11 Å². The standard InChI is InChI=1S/C5H9NO2/c7-5(8)4-2-1-3-6-4/h4,6H,1-3H2,(H,7,8)/t4-/m0/s1/i1T,2T,3T,4T/t1?,2?,3?,4-. The monoisotopic (exact) mass is 123 g/mol. The molecule has 1 fully saturated rings. The van der Waals surface area contributed by atoms with Crippen molar-refractivity contribution in [2.24, 2.45) is 0 Å². The Kier molecular flexibility index (Phi) is 0.627. The van der Waals surface area contributed by atoms with Crippen LogP contribution in [0.25, 0.3) is 0 Å². The molecule has 3 unspecified atom stereocenters. The molecule has 1 saturated heterocycles. The van der Waals surface area contributed by atoms with Crippen LogP contribution in [0.15, 0.2) is 0 Å². The molecule has 1 heterocycles. The summed E-state index contributed by atoms with van der Waals surface area (Å²) in [6.07, 6.45) is -2.60. The molecule has 46 valence electrons. The summed E-state index contributed by atoms with van der Waals surface area (Å²) in [6.45, 7) is -1.17. The molecule has 0 aromatic heterocycles. The Morgan fingerprint density at radius 2 is 2.88 bits per heavy atom. The average molecular weight is 123 g/mol. The summed E-state index contributed by atoms with van der Waals surface area (Å²) in [5.74, 6) is -1.51. The van der Waals surface area contributed by atoms with E-state index in [1.165, 1.54) is 0 Å². The Hall–Kier alpha value is -0.570. The number of rotatable bonds is 1. The first-order chi connectivity index (χ1) is 5.39. The predicted molar refractivity (Wildman–Crippen MR) is 28.7 cm³/mol. The van der Waals surface area contributed by atoms with Crippen molar-refractivity contribution in [3.05, 3.63) is 0 Å². The minimum Gasteiger partial charge on any atom is -0.480 e. The third kappa shape index (κ3) is 0.980. The number of nitrogens with one attached hydrogen (secondary N) is 1. The Morgan fingerprint density at radius 3 is 3.12 bits per heavy atom. The lowest BCUT2D eigenvalue weighted by Crippen LogP contribution is -2.29. The van der Waals surface area contributed by atoms with Crippen LogP contribution in [0.3, 0.4) is 0 Å². The SMILES string of the molecule is [3H]C1N[C@]([3H])(C(=O)O)C([3H])C1[3H]. The van der Waals surface area contributed by atoms with Crippen molar-refractivity contribution >= 4 is 5.97 Å². The summed E-state index contributed by atoms with van der Waals surface area (Å²) < 4.78 is 28.8. The maximum Gasteiger partial charge on any atom is 0.320 e. The summed E-state index contributed by atoms with van der Waals surface area (Å²) in [6, 6.07) is -2.20. The van der Waals surface area contributed by atoms with E-state index in [4.69, 9.17) is 10.6 Å². The number of carboxylic acids is 1. The summed E-state index contributed by atoms with van der Waals surface area (Å²) >= 11 is 0. The molecule has 1 aliphatic rings. The summed E-state index contributed by atoms with van der Waals surface area (Å²) in [7, 11) is 0. The van der Waals surface area contributed by atoms with Crippen LogP contribution in [-0.2, 0) is 4.79 Å². The molecule has 0 bridgehead atoms. The van der Waals surface area contributed by atoms with Gasteiger partial charge < -0.3 is 10.4 Å². The quantitative estimate of drug-likeness (QED) is 0.508. The van der Waals surface area contributed by atoms with Crippen LogP contribution >= 0.6 is 0 Å². The van der Waals surface area contributed by atoms with Crippen LogP contribution in [0.4, 0.5) is 0 Å². The van der Waals surface area contributed by atoms with E-state index >= 15 is 0 Å². The molecule has 0 aromatic carbocycles. The summed E-state index contributed by atoms with van der Waals surface area (Å²) in [5.41, 5.74) is 0. The minimum absolute atomic E-state index is 1.17. The highest BCUT2D eigenvalue weighted by Gasteiger charge is 2.20. The topological polar surface area (TPSA) is 49.3 Å². The molecule has 0 amide bonds. The molecule has 2 N–H and O–H groups in total. The highest BCUT2D eigenvalue weighted by molar-refractivity contribution is 5.73. The molecule has 4 atom stereocenters. The second-order valence-electron chi connectivity index (χ2n) is 1.39. The van der Waals surface area contributed by atoms with Crippen LogP contribution in [0, 0.1) is 0 Å². The van der Waals surface area contributed by atoms with Gasteiger partial charge in [0.15, 0.2) is 0 Å². The van der Waals surface area contributed by atoms with Gasteiger partial charge in [0.1, 0.15) is 6.02 Å². The van der Waals surface area contributed by atoms with Crippen molar-refractivity contribution < 1.29 is 15.4 Å². The van der Waals surface area contributed by atoms with E-state index in [0.29, 0.717) is 0 Å². The molecule has 1 rings (SSSR count). The highest BCUT2D eigenvalue weighted by Crippen LogP contribution is 2.03. The van der Waals surface area contributed by atoms with Gasteiger partial charge in [-0.1, -0.05) is 0 Å². The van der Waals surface area contributed by atoms with Gasteiger partial charge in [-0.25, -0.2) is 0 Å². The molecule has 0 saturated carbocycles. The van der Waals surface area contributed by atoms with Crippen molar-refractivity contribution in [1.82, 2.24) is 5.32 Å². The second-order valence-corrected chi connectivity index (χ2v) is 1.39. The first-order valence-corrected chi connectivity index (χ1v) is 2.17. The van der Waals surface area contributed by atoms with Gasteiger partial charge in [-0.15, -0.1) is 0 Å². The first-order valence-electron chi connectivity index (χ1n) is 4.40. The zero-order valence-electron chi connectivity index (χ0n) is 8.09. The van der Waals surface area contributed by atoms with Crippen molar-refractivity contribution in [3.8, 4) is 0 Å². The van der Waals surface area contributed by atoms with Gasteiger partial charge in [-0.05, 0) is 19.3 Å². The van der Waals surface area contributed by atoms with Gasteiger partial charge in [-0.3, -0.25) is 4.79 Å². The van der Waals surface area contributed by atoms with E-state index in [1.807, 2.05) is 0 Å². The normalized spacial score (nSPS) is 72.2. The Labute approximate surface area is 53.3 Å². The highest BCUT2D eigenvalue weighted by atomic mass is 16.4. The molecule has 3 nitrogen and oxygen atoms in total. The van der Waals surface area contributed by atoms with Gasteiger partial charge >= 0.3 is 5.97 Å². The molecule has 0 aromatic rings. The Balaban J connectivity index is 2.89. The maximum atomic E-state index is 10.5. The van der Waals surface area contributed by atoms with Crippen molar-refractivity contribution in [1.29, 1.82) is 0 Å². The smallest absolute Gasteiger partial charge is 0.320 e. The maximum absolute atomic E-state index is 10.5. The van der Waals surface area contributed by atoms with Crippen LogP contribution in [-0.4, -0.2) is 23.6 Å². The average Bonchev–Trinajstić information content (AvgIpc) is 2.17. The minimum atomic E-state index is -2.20. The molecule has 0 aliphatic carbocycles. The van der Waals surface area contributed by atoms with Crippen LogP contribution in [0.2, 0.25) is 0 Å². The second kappa shape index (κ2) is 2.13. The first kappa shape index (κ1) is 2.35. The van der Waals surface area contributed by atoms with Gasteiger partial charge in [0.25, 0.3) is 0 Å². The van der Waals surface area contributed by atoms with E-state index in [0.717, 1.165) is 0 Å². The van der Waals surface area contributed by atoms with Gasteiger partial charge in [-0.2, -0.15) is 0 Å². The van der Waals surface area contributed by atoms with E-state index < -0.39 is 31.3 Å². The molecular formula is C5H9NO2. The number of hydrogen-bond acceptors (Lipinski definition) is 2. The summed E-state index contributed by atoms with van der Waals surface area (Å²) in [4.78, 5) is 10.5.